The lowest BCUT2D eigenvalue weighted by molar-refractivity contribution is 0.0594. The number of carbonyl (C=O) groups is 1. The molecule has 0 radical (unpaired) electrons. The van der Waals surface area contributed by atoms with E-state index in [1.807, 2.05) is 0 Å². The summed E-state index contributed by atoms with van der Waals surface area (Å²) in [6.07, 6.45) is 1.41. The van der Waals surface area contributed by atoms with E-state index in [9.17, 15) is 9.59 Å². The van der Waals surface area contributed by atoms with Crippen molar-refractivity contribution in [2.24, 2.45) is 0 Å². The second kappa shape index (κ2) is 4.19. The van der Waals surface area contributed by atoms with E-state index in [4.69, 9.17) is 5.73 Å². The average Bonchev–Trinajstić information content (AvgIpc) is 3.02. The lowest BCUT2D eigenvalue weighted by Gasteiger charge is -1.99. The molecule has 3 aromatic heterocycles. The number of aromatic amines is 1. The second-order valence-corrected chi connectivity index (χ2v) is 3.86. The number of ether oxygens (including phenoxy) is 1. The minimum absolute atomic E-state index is 0.0195. The standard InChI is InChI=1S/C10H9N7O3/c1-20-9(18)8-5(11)4-16(15-8)7-3-2-6-12-13-10(19)17(6)14-7/h2-4H,11H2,1H3,(H,13,19). The highest BCUT2D eigenvalue weighted by Gasteiger charge is 2.16. The Kier molecular flexibility index (Phi) is 2.49. The molecule has 102 valence electrons. The zero-order valence-electron chi connectivity index (χ0n) is 10.3. The fraction of sp³-hybridized carbons (Fsp3) is 0.100. The molecule has 3 N–H and O–H groups in total. The molecule has 0 saturated heterocycles. The quantitative estimate of drug-likeness (QED) is 0.571. The summed E-state index contributed by atoms with van der Waals surface area (Å²) in [4.78, 5) is 22.9. The fourth-order valence-corrected chi connectivity index (χ4v) is 1.68. The maximum absolute atomic E-state index is 11.4. The number of esters is 1. The van der Waals surface area contributed by atoms with Crippen LogP contribution in [-0.2, 0) is 4.74 Å². The van der Waals surface area contributed by atoms with E-state index in [0.717, 1.165) is 4.52 Å². The molecule has 0 saturated carbocycles. The van der Waals surface area contributed by atoms with Crippen molar-refractivity contribution in [3.05, 3.63) is 34.5 Å². The number of nitrogen functional groups attached to an aromatic ring is 1. The van der Waals surface area contributed by atoms with Crippen molar-refractivity contribution in [3.8, 4) is 5.82 Å². The molecule has 0 aromatic carbocycles. The smallest absolute Gasteiger partial charge is 0.364 e. The zero-order chi connectivity index (χ0) is 14.3. The molecule has 10 nitrogen and oxygen atoms in total. The van der Waals surface area contributed by atoms with Gasteiger partial charge in [0, 0.05) is 0 Å². The molecule has 20 heavy (non-hydrogen) atoms. The number of hydrogen-bond acceptors (Lipinski definition) is 7. The summed E-state index contributed by atoms with van der Waals surface area (Å²) >= 11 is 0. The molecule has 0 aliphatic heterocycles. The molecule has 0 aliphatic rings. The number of fused-ring (bicyclic) bond motifs is 1. The topological polar surface area (TPSA) is 133 Å². The molecule has 0 unspecified atom stereocenters. The van der Waals surface area contributed by atoms with Crippen LogP contribution < -0.4 is 11.4 Å². The maximum Gasteiger partial charge on any atom is 0.364 e. The second-order valence-electron chi connectivity index (χ2n) is 3.86. The van der Waals surface area contributed by atoms with Crippen molar-refractivity contribution in [2.75, 3.05) is 12.8 Å². The lowest BCUT2D eigenvalue weighted by Crippen LogP contribution is -2.14. The molecule has 0 aliphatic carbocycles. The van der Waals surface area contributed by atoms with Gasteiger partial charge in [-0.3, -0.25) is 0 Å². The third-order valence-corrected chi connectivity index (χ3v) is 2.62. The highest BCUT2D eigenvalue weighted by molar-refractivity contribution is 5.92. The summed E-state index contributed by atoms with van der Waals surface area (Å²) in [6.45, 7) is 0. The molecule has 3 rings (SSSR count). The molecule has 0 amide bonds. The van der Waals surface area contributed by atoms with Crippen molar-refractivity contribution in [3.63, 3.8) is 0 Å². The van der Waals surface area contributed by atoms with Crippen LogP contribution in [0.2, 0.25) is 0 Å². The maximum atomic E-state index is 11.4. The predicted octanol–water partition coefficient (Wildman–Crippen LogP) is -1.03. The number of carbonyl (C=O) groups excluding carboxylic acids is 1. The fourth-order valence-electron chi connectivity index (χ4n) is 1.68. The first-order chi connectivity index (χ1) is 9.60. The first-order valence-corrected chi connectivity index (χ1v) is 5.48. The monoisotopic (exact) mass is 275 g/mol. The first kappa shape index (κ1) is 11.9. The van der Waals surface area contributed by atoms with Gasteiger partial charge in [-0.2, -0.15) is 14.7 Å². The van der Waals surface area contributed by atoms with E-state index >= 15 is 0 Å². The Hall–Kier alpha value is -3.17. The number of rotatable bonds is 2. The van der Waals surface area contributed by atoms with E-state index in [1.165, 1.54) is 18.0 Å². The van der Waals surface area contributed by atoms with E-state index in [0.29, 0.717) is 11.5 Å². The van der Waals surface area contributed by atoms with Gasteiger partial charge in [-0.05, 0) is 12.1 Å². The average molecular weight is 275 g/mol. The molecule has 3 aromatic rings. The van der Waals surface area contributed by atoms with Crippen LogP contribution in [-0.4, -0.2) is 42.7 Å². The molecule has 0 atom stereocenters. The van der Waals surface area contributed by atoms with Gasteiger partial charge < -0.3 is 10.5 Å². The van der Waals surface area contributed by atoms with Crippen LogP contribution in [0.25, 0.3) is 11.5 Å². The third-order valence-electron chi connectivity index (χ3n) is 2.62. The minimum atomic E-state index is -0.650. The van der Waals surface area contributed by atoms with Crippen LogP contribution in [0.4, 0.5) is 5.69 Å². The van der Waals surface area contributed by atoms with Gasteiger partial charge in [0.05, 0.1) is 19.0 Å². The number of nitrogens with zero attached hydrogens (tertiary/aromatic N) is 5. The summed E-state index contributed by atoms with van der Waals surface area (Å²) in [5, 5.41) is 14.0. The van der Waals surface area contributed by atoms with Gasteiger partial charge >= 0.3 is 11.7 Å². The van der Waals surface area contributed by atoms with Crippen LogP contribution >= 0.6 is 0 Å². The minimum Gasteiger partial charge on any atom is -0.464 e. The Morgan fingerprint density at radius 2 is 2.20 bits per heavy atom. The van der Waals surface area contributed by atoms with Gasteiger partial charge in [-0.1, -0.05) is 0 Å². The summed E-state index contributed by atoms with van der Waals surface area (Å²) in [5.74, 6) is -0.342. The van der Waals surface area contributed by atoms with E-state index in [-0.39, 0.29) is 11.4 Å². The van der Waals surface area contributed by atoms with Gasteiger partial charge in [-0.25, -0.2) is 19.4 Å². The Morgan fingerprint density at radius 3 is 2.95 bits per heavy atom. The van der Waals surface area contributed by atoms with Gasteiger partial charge in [-0.15, -0.1) is 5.10 Å². The molecule has 0 bridgehead atoms. The van der Waals surface area contributed by atoms with Gasteiger partial charge in [0.25, 0.3) is 0 Å². The van der Waals surface area contributed by atoms with Crippen molar-refractivity contribution >= 4 is 17.3 Å². The Labute approximate surface area is 110 Å². The summed E-state index contributed by atoms with van der Waals surface area (Å²) in [7, 11) is 1.23. The van der Waals surface area contributed by atoms with Crippen molar-refractivity contribution in [1.29, 1.82) is 0 Å². The van der Waals surface area contributed by atoms with Crippen LogP contribution in [0, 0.1) is 0 Å². The van der Waals surface area contributed by atoms with Crippen LogP contribution in [0.15, 0.2) is 23.1 Å². The normalized spacial score (nSPS) is 10.8. The van der Waals surface area contributed by atoms with Crippen molar-refractivity contribution in [1.82, 2.24) is 29.6 Å². The van der Waals surface area contributed by atoms with Crippen LogP contribution in [0.5, 0.6) is 0 Å². The number of nitrogens with one attached hydrogen (secondary N) is 1. The predicted molar refractivity (Wildman–Crippen MR) is 66.5 cm³/mol. The molecule has 10 heteroatoms. The number of hydrogen-bond donors (Lipinski definition) is 2. The Bertz CT molecular complexity index is 859. The van der Waals surface area contributed by atoms with Crippen molar-refractivity contribution in [2.45, 2.75) is 0 Å². The Morgan fingerprint density at radius 1 is 1.40 bits per heavy atom. The lowest BCUT2D eigenvalue weighted by atomic mass is 10.4. The van der Waals surface area contributed by atoms with E-state index in [2.05, 4.69) is 25.1 Å². The number of anilines is 1. The molecule has 0 fully saturated rings. The molecular weight excluding hydrogens is 266 g/mol. The SMILES string of the molecule is COC(=O)c1nn(-c2ccc3n[nH]c(=O)n3n2)cc1N. The number of aromatic nitrogens is 6. The van der Waals surface area contributed by atoms with Crippen molar-refractivity contribution < 1.29 is 9.53 Å². The number of nitrogens with two attached hydrogens (primary N) is 1. The first-order valence-electron chi connectivity index (χ1n) is 5.48. The highest BCUT2D eigenvalue weighted by atomic mass is 16.5. The molecular formula is C10H9N7O3. The summed E-state index contributed by atoms with van der Waals surface area (Å²) in [5.41, 5.74) is 5.70. The zero-order valence-corrected chi connectivity index (χ0v) is 10.3. The molecule has 3 heterocycles. The number of H-pyrrole nitrogens is 1. The van der Waals surface area contributed by atoms with E-state index in [1.54, 1.807) is 12.1 Å². The highest BCUT2D eigenvalue weighted by Crippen LogP contribution is 2.13. The summed E-state index contributed by atoms with van der Waals surface area (Å²) < 4.78 is 6.91. The largest absolute Gasteiger partial charge is 0.464 e. The van der Waals surface area contributed by atoms with Gasteiger partial charge in [0.15, 0.2) is 17.2 Å². The van der Waals surface area contributed by atoms with Gasteiger partial charge in [0.2, 0.25) is 0 Å². The Balaban J connectivity index is 2.13. The van der Waals surface area contributed by atoms with E-state index < -0.39 is 11.7 Å². The van der Waals surface area contributed by atoms with Crippen LogP contribution in [0.1, 0.15) is 10.5 Å². The van der Waals surface area contributed by atoms with Gasteiger partial charge in [0.1, 0.15) is 0 Å². The third kappa shape index (κ3) is 1.70. The summed E-state index contributed by atoms with van der Waals surface area (Å²) in [6, 6.07) is 3.17. The van der Waals surface area contributed by atoms with Crippen LogP contribution in [0.3, 0.4) is 0 Å². The molecule has 0 spiro atoms. The number of methoxy groups -OCH3 is 1.